The van der Waals surface area contributed by atoms with Crippen LogP contribution in [-0.2, 0) is 4.79 Å². The van der Waals surface area contributed by atoms with Crippen LogP contribution >= 0.6 is 0 Å². The van der Waals surface area contributed by atoms with E-state index in [1.165, 1.54) is 154 Å². The molecular formula is C53H99NO5. The summed E-state index contributed by atoms with van der Waals surface area (Å²) in [5.74, 6) is -0.610. The third-order valence-electron chi connectivity index (χ3n) is 11.8. The Hall–Kier alpha value is -1.73. The zero-order valence-corrected chi connectivity index (χ0v) is 39.0. The van der Waals surface area contributed by atoms with E-state index in [2.05, 4.69) is 67.8 Å². The first-order chi connectivity index (χ1) is 29.0. The predicted molar refractivity (Wildman–Crippen MR) is 256 cm³/mol. The lowest BCUT2D eigenvalue weighted by Crippen LogP contribution is -2.53. The predicted octanol–water partition coefficient (Wildman–Crippen LogP) is 14.2. The molecule has 0 radical (unpaired) electrons. The van der Waals surface area contributed by atoms with Gasteiger partial charge < -0.3 is 25.7 Å². The Kier molecular flexibility index (Phi) is 45.9. The van der Waals surface area contributed by atoms with Gasteiger partial charge in [0.1, 0.15) is 12.2 Å². The van der Waals surface area contributed by atoms with E-state index in [0.29, 0.717) is 19.3 Å². The number of unbranched alkanes of at least 4 members (excludes halogenated alkanes) is 30. The zero-order valence-electron chi connectivity index (χ0n) is 39.0. The largest absolute Gasteiger partial charge is 0.394 e. The van der Waals surface area contributed by atoms with Crippen LogP contribution in [0.4, 0.5) is 0 Å². The fraction of sp³-hybridized carbons (Fsp3) is 0.830. The van der Waals surface area contributed by atoms with Crippen molar-refractivity contribution in [3.63, 3.8) is 0 Å². The summed E-state index contributed by atoms with van der Waals surface area (Å²) in [6.45, 7) is 4.01. The van der Waals surface area contributed by atoms with Crippen molar-refractivity contribution in [3.8, 4) is 0 Å². The Morgan fingerprint density at radius 3 is 1.20 bits per heavy atom. The standard InChI is InChI=1S/C53H99NO5/c1-3-5-7-9-11-13-15-17-19-20-21-22-23-24-25-26-27-28-29-30-31-32-33-35-36-38-40-42-44-46-50(56)52(58)49(48-55)54-53(59)51(57)47-45-43-41-39-37-34-18-16-14-12-10-8-6-4-2/h12,14,16,18,32-33,38,40,49-52,55-58H,3-11,13,15,17,19-31,34-37,39,41-48H2,1-2H3,(H,54,59)/b14-12-,18-16-,33-32+,40-38+. The number of carbonyl (C=O) groups excluding carboxylic acids is 1. The minimum absolute atomic E-state index is 0.340. The van der Waals surface area contributed by atoms with Crippen molar-refractivity contribution in [2.45, 2.75) is 276 Å². The lowest BCUT2D eigenvalue weighted by atomic mass is 10.00. The molecule has 0 bridgehead atoms. The van der Waals surface area contributed by atoms with Gasteiger partial charge in [0.05, 0.1) is 18.8 Å². The second-order valence-corrected chi connectivity index (χ2v) is 17.5. The number of carbonyl (C=O) groups is 1. The Labute approximate surface area is 366 Å². The Morgan fingerprint density at radius 1 is 0.424 bits per heavy atom. The van der Waals surface area contributed by atoms with Gasteiger partial charge in [-0.05, 0) is 77.0 Å². The number of aliphatic hydroxyl groups excluding tert-OH is 4. The molecule has 0 aliphatic carbocycles. The molecule has 0 saturated heterocycles. The molecule has 0 aliphatic rings. The summed E-state index contributed by atoms with van der Waals surface area (Å²) in [4.78, 5) is 12.5. The molecule has 0 aromatic heterocycles. The summed E-state index contributed by atoms with van der Waals surface area (Å²) < 4.78 is 0. The molecule has 4 atom stereocenters. The van der Waals surface area contributed by atoms with E-state index < -0.39 is 36.9 Å². The van der Waals surface area contributed by atoms with Crippen LogP contribution in [0.1, 0.15) is 251 Å². The van der Waals surface area contributed by atoms with E-state index >= 15 is 0 Å². The summed E-state index contributed by atoms with van der Waals surface area (Å²) in [5.41, 5.74) is 0. The van der Waals surface area contributed by atoms with Crippen LogP contribution in [-0.4, -0.2) is 57.3 Å². The molecule has 0 heterocycles. The van der Waals surface area contributed by atoms with Gasteiger partial charge in [0.25, 0.3) is 0 Å². The van der Waals surface area contributed by atoms with Crippen molar-refractivity contribution in [1.82, 2.24) is 5.32 Å². The second kappa shape index (κ2) is 47.3. The first kappa shape index (κ1) is 57.3. The maximum absolute atomic E-state index is 12.5. The third kappa shape index (κ3) is 41.4. The van der Waals surface area contributed by atoms with Crippen molar-refractivity contribution >= 4 is 5.91 Å². The van der Waals surface area contributed by atoms with Crippen LogP contribution in [0.3, 0.4) is 0 Å². The number of aliphatic hydroxyl groups is 4. The number of amides is 1. The number of nitrogens with one attached hydrogen (secondary N) is 1. The summed E-state index contributed by atoms with van der Waals surface area (Å²) in [6.07, 6.45) is 58.9. The van der Waals surface area contributed by atoms with Crippen molar-refractivity contribution in [2.24, 2.45) is 0 Å². The average molecular weight is 830 g/mol. The van der Waals surface area contributed by atoms with Gasteiger partial charge in [0.2, 0.25) is 5.91 Å². The van der Waals surface area contributed by atoms with Gasteiger partial charge in [-0.15, -0.1) is 0 Å². The van der Waals surface area contributed by atoms with E-state index in [1.807, 2.05) is 0 Å². The number of allylic oxidation sites excluding steroid dienone is 8. The van der Waals surface area contributed by atoms with Gasteiger partial charge in [-0.25, -0.2) is 0 Å². The molecule has 1 amide bonds. The monoisotopic (exact) mass is 830 g/mol. The first-order valence-corrected chi connectivity index (χ1v) is 25.5. The lowest BCUT2D eigenvalue weighted by molar-refractivity contribution is -0.132. The molecule has 4 unspecified atom stereocenters. The highest BCUT2D eigenvalue weighted by Gasteiger charge is 2.28. The summed E-state index contributed by atoms with van der Waals surface area (Å²) in [7, 11) is 0. The maximum atomic E-state index is 12.5. The van der Waals surface area contributed by atoms with Crippen LogP contribution in [0.2, 0.25) is 0 Å². The van der Waals surface area contributed by atoms with Crippen LogP contribution in [0, 0.1) is 0 Å². The molecule has 6 heteroatoms. The van der Waals surface area contributed by atoms with Gasteiger partial charge in [-0.1, -0.05) is 223 Å². The third-order valence-corrected chi connectivity index (χ3v) is 11.8. The Morgan fingerprint density at radius 2 is 0.763 bits per heavy atom. The smallest absolute Gasteiger partial charge is 0.249 e. The van der Waals surface area contributed by atoms with E-state index in [-0.39, 0.29) is 0 Å². The van der Waals surface area contributed by atoms with Crippen LogP contribution in [0.15, 0.2) is 48.6 Å². The molecule has 346 valence electrons. The van der Waals surface area contributed by atoms with E-state index in [4.69, 9.17) is 0 Å². The van der Waals surface area contributed by atoms with Crippen LogP contribution in [0.5, 0.6) is 0 Å². The van der Waals surface area contributed by atoms with Gasteiger partial charge in [0.15, 0.2) is 0 Å². The molecular weight excluding hydrogens is 731 g/mol. The zero-order chi connectivity index (χ0) is 43.1. The number of rotatable bonds is 46. The van der Waals surface area contributed by atoms with Crippen molar-refractivity contribution in [3.05, 3.63) is 48.6 Å². The highest BCUT2D eigenvalue weighted by Crippen LogP contribution is 2.16. The quantitative estimate of drug-likeness (QED) is 0.0238. The molecule has 0 saturated carbocycles. The van der Waals surface area contributed by atoms with Crippen molar-refractivity contribution in [2.75, 3.05) is 6.61 Å². The highest BCUT2D eigenvalue weighted by atomic mass is 16.3. The van der Waals surface area contributed by atoms with Crippen molar-refractivity contribution < 1.29 is 25.2 Å². The molecule has 0 aromatic rings. The second-order valence-electron chi connectivity index (χ2n) is 17.5. The summed E-state index contributed by atoms with van der Waals surface area (Å²) in [6, 6.07) is -1.02. The molecule has 6 nitrogen and oxygen atoms in total. The molecule has 0 aromatic carbocycles. The fourth-order valence-corrected chi connectivity index (χ4v) is 7.71. The fourth-order valence-electron chi connectivity index (χ4n) is 7.71. The summed E-state index contributed by atoms with van der Waals surface area (Å²) in [5, 5.41) is 43.7. The average Bonchev–Trinajstić information content (AvgIpc) is 3.24. The summed E-state index contributed by atoms with van der Waals surface area (Å²) >= 11 is 0. The van der Waals surface area contributed by atoms with E-state index in [9.17, 15) is 25.2 Å². The van der Waals surface area contributed by atoms with Gasteiger partial charge >= 0.3 is 0 Å². The highest BCUT2D eigenvalue weighted by molar-refractivity contribution is 5.80. The van der Waals surface area contributed by atoms with Gasteiger partial charge in [0, 0.05) is 0 Å². The SMILES string of the molecule is CCCCC/C=C\C=C/CCCCCCCC(O)C(=O)NC(CO)C(O)C(O)CCC/C=C/CC/C=C/CCCCCCCCCCCCCCCCCCCCCC. The Balaban J connectivity index is 3.70. The van der Waals surface area contributed by atoms with Gasteiger partial charge in [-0.2, -0.15) is 0 Å². The minimum Gasteiger partial charge on any atom is -0.394 e. The van der Waals surface area contributed by atoms with E-state index in [1.54, 1.807) is 0 Å². The minimum atomic E-state index is -1.30. The normalized spacial score (nSPS) is 14.3. The number of hydrogen-bond acceptors (Lipinski definition) is 5. The topological polar surface area (TPSA) is 110 Å². The van der Waals surface area contributed by atoms with Crippen molar-refractivity contribution in [1.29, 1.82) is 0 Å². The first-order valence-electron chi connectivity index (χ1n) is 25.5. The molecule has 59 heavy (non-hydrogen) atoms. The Bertz CT molecular complexity index is 977. The maximum Gasteiger partial charge on any atom is 0.249 e. The van der Waals surface area contributed by atoms with Gasteiger partial charge in [-0.3, -0.25) is 4.79 Å². The molecule has 5 N–H and O–H groups in total. The number of hydrogen-bond donors (Lipinski definition) is 5. The molecule has 0 aliphatic heterocycles. The lowest BCUT2D eigenvalue weighted by Gasteiger charge is -2.27. The molecule has 0 rings (SSSR count). The molecule has 0 spiro atoms. The van der Waals surface area contributed by atoms with Crippen LogP contribution in [0.25, 0.3) is 0 Å². The molecule has 0 fully saturated rings. The van der Waals surface area contributed by atoms with Crippen LogP contribution < -0.4 is 5.32 Å². The van der Waals surface area contributed by atoms with E-state index in [0.717, 1.165) is 64.2 Å².